The molecule has 1 fully saturated rings. The van der Waals surface area contributed by atoms with Crippen molar-refractivity contribution >= 4 is 35.8 Å². The Morgan fingerprint density at radius 2 is 1.83 bits per heavy atom. The number of nitrogen functional groups attached to an aromatic ring is 1. The van der Waals surface area contributed by atoms with Crippen LogP contribution >= 0.6 is 24.2 Å². The van der Waals surface area contributed by atoms with E-state index in [9.17, 15) is 4.79 Å². The van der Waals surface area contributed by atoms with Gasteiger partial charge in [0.15, 0.2) is 0 Å². The number of hydrogen-bond acceptors (Lipinski definition) is 3. The quantitative estimate of drug-likeness (QED) is 0.838. The highest BCUT2D eigenvalue weighted by Crippen LogP contribution is 2.30. The number of carbonyl (C=O) groups is 1. The van der Waals surface area contributed by atoms with Gasteiger partial charge in [0.25, 0.3) is 0 Å². The van der Waals surface area contributed by atoms with Crippen molar-refractivity contribution < 1.29 is 4.79 Å². The normalized spacial score (nSPS) is 17.2. The van der Waals surface area contributed by atoms with Crippen molar-refractivity contribution in [2.24, 2.45) is 0 Å². The highest BCUT2D eigenvalue weighted by molar-refractivity contribution is 7.99. The number of nitrogens with zero attached hydrogens (tertiary/aromatic N) is 1. The van der Waals surface area contributed by atoms with Gasteiger partial charge in [0, 0.05) is 30.2 Å². The van der Waals surface area contributed by atoms with Crippen LogP contribution in [0.2, 0.25) is 0 Å². The van der Waals surface area contributed by atoms with Gasteiger partial charge in [0.05, 0.1) is 6.04 Å². The smallest absolute Gasteiger partial charge is 0.223 e. The summed E-state index contributed by atoms with van der Waals surface area (Å²) >= 11 is 1.92. The minimum atomic E-state index is 0. The summed E-state index contributed by atoms with van der Waals surface area (Å²) in [5, 5.41) is 0. The number of hydrogen-bond donors (Lipinski definition) is 1. The zero-order valence-corrected chi connectivity index (χ0v) is 15.2. The van der Waals surface area contributed by atoms with Crippen LogP contribution in [0.4, 0.5) is 5.69 Å². The summed E-state index contributed by atoms with van der Waals surface area (Å²) in [4.78, 5) is 14.8. The van der Waals surface area contributed by atoms with E-state index in [1.54, 1.807) is 0 Å². The molecule has 0 radical (unpaired) electrons. The molecule has 1 unspecified atom stereocenters. The van der Waals surface area contributed by atoms with E-state index < -0.39 is 0 Å². The lowest BCUT2D eigenvalue weighted by molar-refractivity contribution is -0.133. The topological polar surface area (TPSA) is 46.3 Å². The van der Waals surface area contributed by atoms with Crippen molar-refractivity contribution in [2.75, 3.05) is 23.8 Å². The number of rotatable bonds is 4. The maximum Gasteiger partial charge on any atom is 0.223 e. The predicted molar refractivity (Wildman–Crippen MR) is 105 cm³/mol. The van der Waals surface area contributed by atoms with Gasteiger partial charge >= 0.3 is 0 Å². The molecule has 3 nitrogen and oxygen atoms in total. The summed E-state index contributed by atoms with van der Waals surface area (Å²) in [6, 6.07) is 18.3. The summed E-state index contributed by atoms with van der Waals surface area (Å²) in [5.74, 6) is 2.22. The zero-order chi connectivity index (χ0) is 16.1. The summed E-state index contributed by atoms with van der Waals surface area (Å²) in [7, 11) is 0. The lowest BCUT2D eigenvalue weighted by Gasteiger charge is -2.36. The second kappa shape index (κ2) is 9.00. The molecule has 1 heterocycles. The molecule has 2 N–H and O–H groups in total. The van der Waals surface area contributed by atoms with Gasteiger partial charge in [-0.15, -0.1) is 12.4 Å². The van der Waals surface area contributed by atoms with Crippen molar-refractivity contribution in [2.45, 2.75) is 18.9 Å². The third kappa shape index (κ3) is 4.46. The van der Waals surface area contributed by atoms with Crippen LogP contribution in [0, 0.1) is 0 Å². The Morgan fingerprint density at radius 1 is 1.12 bits per heavy atom. The van der Waals surface area contributed by atoms with Gasteiger partial charge in [0.1, 0.15) is 0 Å². The van der Waals surface area contributed by atoms with E-state index in [-0.39, 0.29) is 24.4 Å². The maximum absolute atomic E-state index is 12.7. The first-order valence-corrected chi connectivity index (χ1v) is 9.16. The van der Waals surface area contributed by atoms with Crippen molar-refractivity contribution in [3.63, 3.8) is 0 Å². The van der Waals surface area contributed by atoms with E-state index in [0.717, 1.165) is 29.3 Å². The molecule has 1 aliphatic rings. The molecule has 0 saturated carbocycles. The number of para-hydroxylation sites is 1. The third-order valence-corrected chi connectivity index (χ3v) is 5.32. The average Bonchev–Trinajstić information content (AvgIpc) is 2.61. The lowest BCUT2D eigenvalue weighted by Crippen LogP contribution is -2.40. The molecule has 1 saturated heterocycles. The fourth-order valence-electron chi connectivity index (χ4n) is 3.00. The molecule has 24 heavy (non-hydrogen) atoms. The molecule has 0 bridgehead atoms. The van der Waals surface area contributed by atoms with Crippen LogP contribution in [0.5, 0.6) is 0 Å². The van der Waals surface area contributed by atoms with Crippen molar-refractivity contribution in [3.8, 4) is 0 Å². The van der Waals surface area contributed by atoms with Crippen molar-refractivity contribution in [1.29, 1.82) is 0 Å². The molecule has 1 aliphatic heterocycles. The fraction of sp³-hybridized carbons (Fsp3) is 0.316. The second-order valence-electron chi connectivity index (χ2n) is 5.79. The van der Waals surface area contributed by atoms with Crippen molar-refractivity contribution in [1.82, 2.24) is 4.90 Å². The molecule has 1 amide bonds. The molecule has 0 aliphatic carbocycles. The van der Waals surface area contributed by atoms with Gasteiger partial charge in [-0.05, 0) is 23.6 Å². The van der Waals surface area contributed by atoms with E-state index in [2.05, 4.69) is 12.1 Å². The van der Waals surface area contributed by atoms with Gasteiger partial charge in [-0.25, -0.2) is 0 Å². The van der Waals surface area contributed by atoms with E-state index in [4.69, 9.17) is 5.73 Å². The molecule has 0 spiro atoms. The highest BCUT2D eigenvalue weighted by atomic mass is 35.5. The maximum atomic E-state index is 12.7. The zero-order valence-electron chi connectivity index (χ0n) is 13.6. The largest absolute Gasteiger partial charge is 0.399 e. The molecular weight excluding hydrogens is 340 g/mol. The molecule has 2 aromatic rings. The van der Waals surface area contributed by atoms with Gasteiger partial charge in [-0.3, -0.25) is 4.79 Å². The highest BCUT2D eigenvalue weighted by Gasteiger charge is 2.27. The first-order valence-electron chi connectivity index (χ1n) is 8.01. The molecule has 5 heteroatoms. The monoisotopic (exact) mass is 362 g/mol. The Kier molecular flexibility index (Phi) is 7.00. The van der Waals surface area contributed by atoms with Crippen LogP contribution < -0.4 is 5.73 Å². The van der Waals surface area contributed by atoms with Crippen LogP contribution in [-0.2, 0) is 11.2 Å². The van der Waals surface area contributed by atoms with Crippen molar-refractivity contribution in [3.05, 3.63) is 65.7 Å². The molecule has 0 aromatic heterocycles. The van der Waals surface area contributed by atoms with Gasteiger partial charge in [-0.2, -0.15) is 11.8 Å². The first kappa shape index (κ1) is 18.7. The summed E-state index contributed by atoms with van der Waals surface area (Å²) in [6.07, 6.45) is 1.22. The number of halogens is 1. The van der Waals surface area contributed by atoms with Crippen LogP contribution in [0.1, 0.15) is 23.6 Å². The second-order valence-corrected chi connectivity index (χ2v) is 6.94. The summed E-state index contributed by atoms with van der Waals surface area (Å²) < 4.78 is 0. The Hall–Kier alpha value is -1.65. The van der Waals surface area contributed by atoms with E-state index in [1.165, 1.54) is 5.56 Å². The molecule has 1 atom stereocenters. The first-order chi connectivity index (χ1) is 11.3. The SMILES string of the molecule is Cl.Nc1ccccc1CCC(=O)N1CCSCC1c1ccccc1. The summed E-state index contributed by atoms with van der Waals surface area (Å²) in [6.45, 7) is 0.827. The van der Waals surface area contributed by atoms with Gasteiger partial charge in [0.2, 0.25) is 5.91 Å². The number of thioether (sulfide) groups is 1. The average molecular weight is 363 g/mol. The van der Waals surface area contributed by atoms with E-state index in [1.807, 2.05) is 59.1 Å². The number of carbonyl (C=O) groups excluding carboxylic acids is 1. The lowest BCUT2D eigenvalue weighted by atomic mass is 10.0. The molecule has 2 aromatic carbocycles. The van der Waals surface area contributed by atoms with E-state index in [0.29, 0.717) is 12.8 Å². The Bertz CT molecular complexity index is 665. The minimum absolute atomic E-state index is 0. The summed E-state index contributed by atoms with van der Waals surface area (Å²) in [5.41, 5.74) is 9.04. The van der Waals surface area contributed by atoms with Crippen LogP contribution in [-0.4, -0.2) is 28.9 Å². The number of anilines is 1. The Morgan fingerprint density at radius 3 is 2.58 bits per heavy atom. The van der Waals surface area contributed by atoms with Crippen LogP contribution in [0.25, 0.3) is 0 Å². The molecular formula is C19H23ClN2OS. The standard InChI is InChI=1S/C19H22N2OS.ClH/c20-17-9-5-4-6-15(17)10-11-19(22)21-12-13-23-14-18(21)16-7-2-1-3-8-16;/h1-9,18H,10-14,20H2;1H. The minimum Gasteiger partial charge on any atom is -0.399 e. The number of amides is 1. The number of nitrogens with two attached hydrogens (primary N) is 1. The van der Waals surface area contributed by atoms with E-state index >= 15 is 0 Å². The Balaban J connectivity index is 0.00000208. The third-order valence-electron chi connectivity index (χ3n) is 4.30. The Labute approximate surface area is 154 Å². The number of aryl methyl sites for hydroxylation is 1. The fourth-order valence-corrected chi connectivity index (χ4v) is 4.09. The van der Waals surface area contributed by atoms with Gasteiger partial charge < -0.3 is 10.6 Å². The predicted octanol–water partition coefficient (Wildman–Crippen LogP) is 3.94. The van der Waals surface area contributed by atoms with Gasteiger partial charge in [-0.1, -0.05) is 48.5 Å². The number of benzene rings is 2. The molecule has 3 rings (SSSR count). The van der Waals surface area contributed by atoms with Crippen LogP contribution in [0.15, 0.2) is 54.6 Å². The van der Waals surface area contributed by atoms with Crippen LogP contribution in [0.3, 0.4) is 0 Å². The molecule has 128 valence electrons.